The van der Waals surface area contributed by atoms with Gasteiger partial charge >= 0.3 is 6.18 Å². The highest BCUT2D eigenvalue weighted by Gasteiger charge is 2.30. The summed E-state index contributed by atoms with van der Waals surface area (Å²) in [5.41, 5.74) is -0.337. The fourth-order valence-corrected chi connectivity index (χ4v) is 3.47. The molecule has 162 valence electrons. The van der Waals surface area contributed by atoms with E-state index in [4.69, 9.17) is 0 Å². The van der Waals surface area contributed by atoms with E-state index in [1.807, 2.05) is 0 Å². The number of carbonyl (C=O) groups excluding carboxylic acids is 2. The normalized spacial score (nSPS) is 17.5. The molecule has 2 heterocycles. The van der Waals surface area contributed by atoms with Gasteiger partial charge in [0.2, 0.25) is 11.8 Å². The fraction of sp³-hybridized carbons (Fsp3) is 0.450. The van der Waals surface area contributed by atoms with E-state index < -0.39 is 17.6 Å². The van der Waals surface area contributed by atoms with E-state index in [9.17, 15) is 22.8 Å². The summed E-state index contributed by atoms with van der Waals surface area (Å²) in [7, 11) is 0. The van der Waals surface area contributed by atoms with E-state index in [1.54, 1.807) is 0 Å². The Balaban J connectivity index is 1.50. The lowest BCUT2D eigenvalue weighted by Gasteiger charge is -2.30. The van der Waals surface area contributed by atoms with Gasteiger partial charge in [0.25, 0.3) is 0 Å². The van der Waals surface area contributed by atoms with Gasteiger partial charge in [0.1, 0.15) is 6.54 Å². The maximum Gasteiger partial charge on any atom is 0.416 e. The summed E-state index contributed by atoms with van der Waals surface area (Å²) in [4.78, 5) is 26.4. The first-order valence-electron chi connectivity index (χ1n) is 9.71. The highest BCUT2D eigenvalue weighted by molar-refractivity contribution is 5.92. The van der Waals surface area contributed by atoms with Crippen LogP contribution in [0.4, 0.5) is 24.5 Å². The molecule has 3 rings (SSSR count). The molecule has 7 nitrogen and oxygen atoms in total. The Bertz CT molecular complexity index is 897. The number of hydrogen-bond acceptors (Lipinski definition) is 4. The molecule has 1 aromatic heterocycles. The number of aromatic nitrogens is 2. The van der Waals surface area contributed by atoms with Crippen LogP contribution < -0.4 is 10.6 Å². The maximum atomic E-state index is 12.8. The van der Waals surface area contributed by atoms with Crippen molar-refractivity contribution >= 4 is 23.2 Å². The van der Waals surface area contributed by atoms with E-state index in [0.29, 0.717) is 18.2 Å². The first kappa shape index (κ1) is 21.8. The third-order valence-corrected chi connectivity index (χ3v) is 4.80. The van der Waals surface area contributed by atoms with Gasteiger partial charge in [-0.1, -0.05) is 13.0 Å². The molecule has 1 fully saturated rings. The molecule has 1 atom stereocenters. The largest absolute Gasteiger partial charge is 0.416 e. The van der Waals surface area contributed by atoms with Crippen LogP contribution in [0.5, 0.6) is 0 Å². The standard InChI is InChI=1S/C20H24F3N5O2/c1-14-4-3-7-27(10-14)12-18(29)26-17-9-24-28(11-17)13-19(30)25-16-6-2-5-15(8-16)20(21,22)23/h2,5-6,8-9,11,14H,3-4,7,10,12-13H2,1H3,(H,25,30)(H,26,29)/t14-/m0/s1. The quantitative estimate of drug-likeness (QED) is 0.748. The molecule has 2 aromatic rings. The Kier molecular flexibility index (Phi) is 6.76. The zero-order valence-electron chi connectivity index (χ0n) is 16.6. The predicted octanol–water partition coefficient (Wildman–Crippen LogP) is 3.21. The number of piperidine rings is 1. The summed E-state index contributed by atoms with van der Waals surface area (Å²) in [5, 5.41) is 9.18. The second-order valence-electron chi connectivity index (χ2n) is 7.58. The van der Waals surface area contributed by atoms with E-state index in [2.05, 4.69) is 27.6 Å². The molecule has 2 amide bonds. The summed E-state index contributed by atoms with van der Waals surface area (Å²) in [6.07, 6.45) is 0.694. The van der Waals surface area contributed by atoms with Crippen molar-refractivity contribution in [3.8, 4) is 0 Å². The fourth-order valence-electron chi connectivity index (χ4n) is 3.47. The summed E-state index contributed by atoms with van der Waals surface area (Å²) in [5.74, 6) is -0.112. The summed E-state index contributed by atoms with van der Waals surface area (Å²) in [6.45, 7) is 4.05. The van der Waals surface area contributed by atoms with Crippen LogP contribution in [0.3, 0.4) is 0 Å². The van der Waals surface area contributed by atoms with Crippen LogP contribution in [0.1, 0.15) is 25.3 Å². The van der Waals surface area contributed by atoms with E-state index in [1.165, 1.54) is 35.6 Å². The first-order chi connectivity index (χ1) is 14.2. The Hall–Kier alpha value is -2.88. The predicted molar refractivity (Wildman–Crippen MR) is 106 cm³/mol. The van der Waals surface area contributed by atoms with Crippen LogP contribution in [-0.4, -0.2) is 46.1 Å². The number of halogens is 3. The van der Waals surface area contributed by atoms with Gasteiger partial charge in [-0.15, -0.1) is 0 Å². The van der Waals surface area contributed by atoms with E-state index in [-0.39, 0.29) is 18.1 Å². The average molecular weight is 423 g/mol. The van der Waals surface area contributed by atoms with Crippen molar-refractivity contribution in [1.82, 2.24) is 14.7 Å². The van der Waals surface area contributed by atoms with Crippen LogP contribution in [0.15, 0.2) is 36.7 Å². The monoisotopic (exact) mass is 423 g/mol. The van der Waals surface area contributed by atoms with Crippen molar-refractivity contribution in [2.45, 2.75) is 32.5 Å². The Morgan fingerprint density at radius 3 is 2.63 bits per heavy atom. The molecule has 0 radical (unpaired) electrons. The van der Waals surface area contributed by atoms with Crippen LogP contribution in [-0.2, 0) is 22.3 Å². The Morgan fingerprint density at radius 2 is 1.90 bits per heavy atom. The number of nitrogens with zero attached hydrogens (tertiary/aromatic N) is 3. The van der Waals surface area contributed by atoms with E-state index in [0.717, 1.165) is 31.6 Å². The molecule has 30 heavy (non-hydrogen) atoms. The van der Waals surface area contributed by atoms with Gasteiger partial charge in [-0.05, 0) is 43.5 Å². The minimum absolute atomic E-state index is 0.0475. The third-order valence-electron chi connectivity index (χ3n) is 4.80. The van der Waals surface area contributed by atoms with Crippen molar-refractivity contribution in [3.05, 3.63) is 42.2 Å². The maximum absolute atomic E-state index is 12.8. The molecule has 1 saturated heterocycles. The van der Waals surface area contributed by atoms with Gasteiger partial charge in [-0.3, -0.25) is 19.2 Å². The highest BCUT2D eigenvalue weighted by atomic mass is 19.4. The number of likely N-dealkylation sites (tertiary alicyclic amines) is 1. The molecular formula is C20H24F3N5O2. The van der Waals surface area contributed by atoms with Crippen LogP contribution in [0.2, 0.25) is 0 Å². The van der Waals surface area contributed by atoms with E-state index >= 15 is 0 Å². The van der Waals surface area contributed by atoms with Crippen molar-refractivity contribution in [2.75, 3.05) is 30.3 Å². The zero-order chi connectivity index (χ0) is 21.7. The number of carbonyl (C=O) groups is 2. The van der Waals surface area contributed by atoms with Gasteiger partial charge in [-0.2, -0.15) is 18.3 Å². The molecule has 1 aromatic carbocycles. The number of hydrogen-bond donors (Lipinski definition) is 2. The molecule has 1 aliphatic rings. The highest BCUT2D eigenvalue weighted by Crippen LogP contribution is 2.30. The Morgan fingerprint density at radius 1 is 1.17 bits per heavy atom. The lowest BCUT2D eigenvalue weighted by atomic mass is 10.0. The number of anilines is 2. The topological polar surface area (TPSA) is 79.3 Å². The first-order valence-corrected chi connectivity index (χ1v) is 9.71. The lowest BCUT2D eigenvalue weighted by molar-refractivity contribution is -0.137. The summed E-state index contributed by atoms with van der Waals surface area (Å²) < 4.78 is 39.6. The average Bonchev–Trinajstić information content (AvgIpc) is 3.07. The second kappa shape index (κ2) is 9.29. The van der Waals surface area contributed by atoms with Gasteiger partial charge in [0, 0.05) is 18.4 Å². The number of amides is 2. The lowest BCUT2D eigenvalue weighted by Crippen LogP contribution is -2.39. The smallest absolute Gasteiger partial charge is 0.324 e. The van der Waals surface area contributed by atoms with Gasteiger partial charge in [0.15, 0.2) is 0 Å². The number of alkyl halides is 3. The van der Waals surface area contributed by atoms with Crippen molar-refractivity contribution in [1.29, 1.82) is 0 Å². The Labute approximate surface area is 172 Å². The SMILES string of the molecule is C[C@H]1CCCN(CC(=O)Nc2cnn(CC(=O)Nc3cccc(C(F)(F)F)c3)c2)C1. The zero-order valence-corrected chi connectivity index (χ0v) is 16.6. The van der Waals surface area contributed by atoms with Gasteiger partial charge in [-0.25, -0.2) is 0 Å². The van der Waals surface area contributed by atoms with Crippen LogP contribution in [0, 0.1) is 5.92 Å². The van der Waals surface area contributed by atoms with Crippen molar-refractivity contribution in [2.24, 2.45) is 5.92 Å². The molecular weight excluding hydrogens is 399 g/mol. The third kappa shape index (κ3) is 6.31. The molecule has 0 unspecified atom stereocenters. The molecule has 0 bridgehead atoms. The second-order valence-corrected chi connectivity index (χ2v) is 7.58. The number of benzene rings is 1. The van der Waals surface area contributed by atoms with Crippen molar-refractivity contribution in [3.63, 3.8) is 0 Å². The molecule has 1 aliphatic heterocycles. The van der Waals surface area contributed by atoms with Crippen LogP contribution in [0.25, 0.3) is 0 Å². The molecule has 0 spiro atoms. The minimum atomic E-state index is -4.48. The summed E-state index contributed by atoms with van der Waals surface area (Å²) in [6, 6.07) is 4.41. The summed E-state index contributed by atoms with van der Waals surface area (Å²) >= 11 is 0. The number of nitrogens with one attached hydrogen (secondary N) is 2. The van der Waals surface area contributed by atoms with Gasteiger partial charge in [0.05, 0.1) is 24.0 Å². The van der Waals surface area contributed by atoms with Crippen LogP contribution >= 0.6 is 0 Å². The molecule has 2 N–H and O–H groups in total. The molecule has 10 heteroatoms. The number of rotatable bonds is 6. The molecule has 0 saturated carbocycles. The molecule has 0 aliphatic carbocycles. The minimum Gasteiger partial charge on any atom is -0.324 e. The van der Waals surface area contributed by atoms with Crippen molar-refractivity contribution < 1.29 is 22.8 Å². The van der Waals surface area contributed by atoms with Gasteiger partial charge < -0.3 is 10.6 Å².